The number of hydrogen-bond donors (Lipinski definition) is 0. The molecule has 2 nitrogen and oxygen atoms in total. The number of hydrogen-bond acceptors (Lipinski definition) is 3. The van der Waals surface area contributed by atoms with Gasteiger partial charge in [-0.25, -0.2) is 4.42 Å². The molecular formula is C12H13O2S2+. The lowest BCUT2D eigenvalue weighted by Gasteiger charge is -1.99. The molecule has 0 spiro atoms. The molecule has 1 heterocycles. The van der Waals surface area contributed by atoms with Gasteiger partial charge in [0.25, 0.3) is 6.61 Å². The minimum absolute atomic E-state index is 0.718. The molecule has 1 aromatic carbocycles. The van der Waals surface area contributed by atoms with Crippen molar-refractivity contribution in [2.24, 2.45) is 0 Å². The van der Waals surface area contributed by atoms with Crippen molar-refractivity contribution >= 4 is 20.7 Å². The Bertz CT molecular complexity index is 508. The Morgan fingerprint density at radius 3 is 2.56 bits per heavy atom. The summed E-state index contributed by atoms with van der Waals surface area (Å²) in [5.74, 6) is 0.883. The van der Waals surface area contributed by atoms with Crippen molar-refractivity contribution in [3.8, 4) is 16.2 Å². The first-order valence-electron chi connectivity index (χ1n) is 5.04. The van der Waals surface area contributed by atoms with Crippen LogP contribution in [0.1, 0.15) is 6.92 Å². The van der Waals surface area contributed by atoms with Crippen molar-refractivity contribution in [1.29, 1.82) is 0 Å². The van der Waals surface area contributed by atoms with Crippen LogP contribution in [0.15, 0.2) is 34.8 Å². The Morgan fingerprint density at radius 1 is 1.19 bits per heavy atom. The molecule has 84 valence electrons. The van der Waals surface area contributed by atoms with Gasteiger partial charge in [0, 0.05) is 17.3 Å². The van der Waals surface area contributed by atoms with Crippen LogP contribution >= 0.6 is 20.7 Å². The van der Waals surface area contributed by atoms with E-state index in [-0.39, 0.29) is 0 Å². The largest absolute Gasteiger partial charge is 0.497 e. The number of rotatable bonds is 3. The summed E-state index contributed by atoms with van der Waals surface area (Å²) in [5, 5.41) is 0. The van der Waals surface area contributed by atoms with E-state index in [9.17, 15) is 0 Å². The van der Waals surface area contributed by atoms with E-state index < -0.39 is 0 Å². The van der Waals surface area contributed by atoms with Crippen molar-refractivity contribution in [2.45, 2.75) is 6.92 Å². The zero-order chi connectivity index (χ0) is 11.4. The third-order valence-corrected chi connectivity index (χ3v) is 4.42. The summed E-state index contributed by atoms with van der Waals surface area (Å²) in [7, 11) is 5.08. The number of ether oxygens (including phenoxy) is 1. The van der Waals surface area contributed by atoms with Gasteiger partial charge in [0.15, 0.2) is 0 Å². The standard InChI is InChI=1S/C12H13O2S2/c1-3-14-12-8-11(15-16-12)9-4-6-10(13-2)7-5-9/h4-8H,3H2,1-2H3/q+1. The molecule has 0 aliphatic rings. The minimum atomic E-state index is 0.718. The van der Waals surface area contributed by atoms with Gasteiger partial charge < -0.3 is 4.74 Å². The third kappa shape index (κ3) is 2.51. The van der Waals surface area contributed by atoms with Gasteiger partial charge in [0.2, 0.25) is 0 Å². The molecule has 0 fully saturated rings. The minimum Gasteiger partial charge on any atom is -0.497 e. The summed E-state index contributed by atoms with van der Waals surface area (Å²) in [6.07, 6.45) is 0. The molecule has 0 aliphatic carbocycles. The first kappa shape index (κ1) is 11.4. The van der Waals surface area contributed by atoms with E-state index in [0.29, 0.717) is 0 Å². The molecule has 2 rings (SSSR count). The maximum absolute atomic E-state index is 5.46. The molecule has 16 heavy (non-hydrogen) atoms. The topological polar surface area (TPSA) is 20.5 Å². The average molecular weight is 253 g/mol. The van der Waals surface area contributed by atoms with Crippen LogP contribution in [0.25, 0.3) is 10.4 Å². The highest BCUT2D eigenvalue weighted by atomic mass is 32.9. The van der Waals surface area contributed by atoms with Gasteiger partial charge in [0.1, 0.15) is 5.75 Å². The molecule has 0 radical (unpaired) electrons. The summed E-state index contributed by atoms with van der Waals surface area (Å²) in [4.78, 5) is 1.23. The van der Waals surface area contributed by atoms with Crippen molar-refractivity contribution in [2.75, 3.05) is 13.7 Å². The molecule has 0 unspecified atom stereocenters. The maximum atomic E-state index is 5.46. The normalized spacial score (nSPS) is 11.8. The van der Waals surface area contributed by atoms with Crippen LogP contribution < -0.4 is 9.48 Å². The van der Waals surface area contributed by atoms with Crippen molar-refractivity contribution in [1.82, 2.24) is 0 Å². The Morgan fingerprint density at radius 2 is 1.94 bits per heavy atom. The first-order valence-corrected chi connectivity index (χ1v) is 7.19. The fourth-order valence-corrected chi connectivity index (χ4v) is 3.54. The smallest absolute Gasteiger partial charge is 0.412 e. The molecular weight excluding hydrogens is 240 g/mol. The quantitative estimate of drug-likeness (QED) is 0.606. The van der Waals surface area contributed by atoms with E-state index in [4.69, 9.17) is 9.16 Å². The zero-order valence-electron chi connectivity index (χ0n) is 9.23. The lowest BCUT2D eigenvalue weighted by Crippen LogP contribution is -1.90. The van der Waals surface area contributed by atoms with Crippen LogP contribution in [0.4, 0.5) is 0 Å². The Kier molecular flexibility index (Phi) is 3.74. The van der Waals surface area contributed by atoms with E-state index >= 15 is 0 Å². The predicted octanol–water partition coefficient (Wildman–Crippen LogP) is 3.40. The molecule has 0 aliphatic heterocycles. The van der Waals surface area contributed by atoms with E-state index in [1.54, 1.807) is 27.8 Å². The highest BCUT2D eigenvalue weighted by Gasteiger charge is 2.05. The highest BCUT2D eigenvalue weighted by Crippen LogP contribution is 2.26. The van der Waals surface area contributed by atoms with Crippen molar-refractivity contribution in [3.63, 3.8) is 0 Å². The Hall–Kier alpha value is -1.13. The van der Waals surface area contributed by atoms with Gasteiger partial charge in [-0.15, -0.1) is 0 Å². The van der Waals surface area contributed by atoms with Gasteiger partial charge >= 0.3 is 4.74 Å². The zero-order valence-corrected chi connectivity index (χ0v) is 10.9. The van der Waals surface area contributed by atoms with E-state index in [2.05, 4.69) is 18.2 Å². The Balaban J connectivity index is 2.31. The maximum Gasteiger partial charge on any atom is 0.412 e. The lowest BCUT2D eigenvalue weighted by atomic mass is 10.2. The molecule has 0 saturated carbocycles. The van der Waals surface area contributed by atoms with Crippen LogP contribution in [-0.4, -0.2) is 13.7 Å². The summed E-state index contributed by atoms with van der Waals surface area (Å²) >= 11 is 0. The average Bonchev–Trinajstić information content (AvgIpc) is 2.78. The van der Waals surface area contributed by atoms with E-state index in [0.717, 1.165) is 17.1 Å². The number of benzene rings is 1. The van der Waals surface area contributed by atoms with Crippen LogP contribution in [0.3, 0.4) is 0 Å². The number of methoxy groups -OCH3 is 1. The van der Waals surface area contributed by atoms with Crippen LogP contribution in [0.5, 0.6) is 5.75 Å². The van der Waals surface area contributed by atoms with Crippen LogP contribution in [0.2, 0.25) is 0 Å². The van der Waals surface area contributed by atoms with Crippen LogP contribution in [0, 0.1) is 0 Å². The van der Waals surface area contributed by atoms with Crippen molar-refractivity contribution in [3.05, 3.63) is 39.5 Å². The molecule has 4 heteroatoms. The molecule has 1 aromatic heterocycles. The van der Waals surface area contributed by atoms with E-state index in [1.807, 2.05) is 19.1 Å². The molecule has 0 amide bonds. The van der Waals surface area contributed by atoms with Crippen molar-refractivity contribution < 1.29 is 4.74 Å². The second kappa shape index (κ2) is 5.27. The van der Waals surface area contributed by atoms with E-state index in [1.165, 1.54) is 10.4 Å². The predicted molar refractivity (Wildman–Crippen MR) is 71.0 cm³/mol. The summed E-state index contributed by atoms with van der Waals surface area (Å²) in [6, 6.07) is 10.2. The van der Waals surface area contributed by atoms with Crippen LogP contribution in [-0.2, 0) is 0 Å². The lowest BCUT2D eigenvalue weighted by molar-refractivity contribution is 0.415. The first-order chi connectivity index (χ1) is 7.83. The van der Waals surface area contributed by atoms with Gasteiger partial charge in [0.05, 0.1) is 18.1 Å². The molecule has 0 atom stereocenters. The summed E-state index contributed by atoms with van der Waals surface area (Å²) < 4.78 is 11.6. The molecule has 2 aromatic rings. The monoisotopic (exact) mass is 253 g/mol. The highest BCUT2D eigenvalue weighted by molar-refractivity contribution is 7.69. The van der Waals surface area contributed by atoms with Gasteiger partial charge in [-0.1, -0.05) is 10.3 Å². The summed E-state index contributed by atoms with van der Waals surface area (Å²) in [5.41, 5.74) is 1.20. The molecule has 0 bridgehead atoms. The fraction of sp³-hybridized carbons (Fsp3) is 0.250. The second-order valence-electron chi connectivity index (χ2n) is 3.16. The Labute approximate surface area is 102 Å². The fourth-order valence-electron chi connectivity index (χ4n) is 1.34. The SMILES string of the molecule is CC[O+]=c1cc(-c2ccc(OC)cc2)ss1. The third-order valence-electron chi connectivity index (χ3n) is 2.12. The van der Waals surface area contributed by atoms with Gasteiger partial charge in [-0.2, -0.15) is 0 Å². The molecule has 0 N–H and O–H groups in total. The molecule has 0 saturated heterocycles. The van der Waals surface area contributed by atoms with Gasteiger partial charge in [-0.05, 0) is 29.8 Å². The second-order valence-corrected chi connectivity index (χ2v) is 5.33. The summed E-state index contributed by atoms with van der Waals surface area (Å²) in [6.45, 7) is 2.72. The van der Waals surface area contributed by atoms with Gasteiger partial charge in [-0.3, -0.25) is 0 Å².